The average Bonchev–Trinajstić information content (AvgIpc) is 2.79. The number of hydrogen-bond acceptors (Lipinski definition) is 6. The van der Waals surface area contributed by atoms with E-state index in [-0.39, 0.29) is 12.3 Å². The summed E-state index contributed by atoms with van der Waals surface area (Å²) in [7, 11) is 1.58. The van der Waals surface area contributed by atoms with Crippen LogP contribution >= 0.6 is 11.6 Å². The molecule has 1 aliphatic rings. The van der Waals surface area contributed by atoms with Crippen LogP contribution in [0.25, 0.3) is 0 Å². The second-order valence-electron chi connectivity index (χ2n) is 7.18. The second kappa shape index (κ2) is 9.04. The first kappa shape index (κ1) is 21.3. The number of allylic oxidation sites excluding steroid dienone is 1. The molecular formula is C25H19ClN2O4. The maximum atomic E-state index is 12.4. The van der Waals surface area contributed by atoms with Crippen LogP contribution in [0.5, 0.6) is 17.2 Å². The van der Waals surface area contributed by atoms with Crippen molar-refractivity contribution in [3.8, 4) is 23.3 Å². The second-order valence-corrected chi connectivity index (χ2v) is 7.61. The van der Waals surface area contributed by atoms with Crippen LogP contribution in [-0.4, -0.2) is 13.1 Å². The number of ether oxygens (including phenoxy) is 3. The summed E-state index contributed by atoms with van der Waals surface area (Å²) in [6, 6.07) is 21.6. The molecule has 0 radical (unpaired) electrons. The van der Waals surface area contributed by atoms with Crippen molar-refractivity contribution in [2.24, 2.45) is 5.73 Å². The van der Waals surface area contributed by atoms with E-state index in [2.05, 4.69) is 6.07 Å². The van der Waals surface area contributed by atoms with Gasteiger partial charge >= 0.3 is 5.97 Å². The summed E-state index contributed by atoms with van der Waals surface area (Å²) in [6.45, 7) is 0. The Kier molecular flexibility index (Phi) is 6.02. The molecule has 3 aromatic carbocycles. The quantitative estimate of drug-likeness (QED) is 0.450. The molecule has 1 atom stereocenters. The number of nitrogens with two attached hydrogens (primary N) is 1. The molecule has 1 aliphatic heterocycles. The molecule has 160 valence electrons. The van der Waals surface area contributed by atoms with Gasteiger partial charge in [0.05, 0.1) is 19.4 Å². The van der Waals surface area contributed by atoms with E-state index in [0.29, 0.717) is 27.8 Å². The monoisotopic (exact) mass is 446 g/mol. The SMILES string of the molecule is COc1cccc(C2C(C#N)=C(N)Oc3cc(OC(=O)Cc4ccc(Cl)cc4)ccc32)c1. The molecule has 2 N–H and O–H groups in total. The lowest BCUT2D eigenvalue weighted by Gasteiger charge is -2.27. The van der Waals surface area contributed by atoms with Crippen molar-refractivity contribution in [3.05, 3.63) is 99.9 Å². The molecule has 1 heterocycles. The van der Waals surface area contributed by atoms with Crippen LogP contribution < -0.4 is 19.9 Å². The maximum Gasteiger partial charge on any atom is 0.315 e. The number of rotatable bonds is 5. The Morgan fingerprint density at radius 2 is 1.91 bits per heavy atom. The van der Waals surface area contributed by atoms with E-state index in [1.807, 2.05) is 24.3 Å². The zero-order chi connectivity index (χ0) is 22.7. The van der Waals surface area contributed by atoms with Gasteiger partial charge in [-0.05, 0) is 41.5 Å². The van der Waals surface area contributed by atoms with Gasteiger partial charge < -0.3 is 19.9 Å². The Balaban J connectivity index is 1.62. The molecular weight excluding hydrogens is 428 g/mol. The van der Waals surface area contributed by atoms with Crippen molar-refractivity contribution in [2.45, 2.75) is 12.3 Å². The molecule has 0 saturated heterocycles. The van der Waals surface area contributed by atoms with E-state index >= 15 is 0 Å². The molecule has 6 nitrogen and oxygen atoms in total. The predicted octanol–water partition coefficient (Wildman–Crippen LogP) is 4.71. The fourth-order valence-electron chi connectivity index (χ4n) is 3.60. The van der Waals surface area contributed by atoms with Gasteiger partial charge in [0.25, 0.3) is 0 Å². The molecule has 0 aliphatic carbocycles. The Hall–Kier alpha value is -3.95. The summed E-state index contributed by atoms with van der Waals surface area (Å²) >= 11 is 5.88. The molecule has 4 rings (SSSR count). The van der Waals surface area contributed by atoms with Crippen LogP contribution in [0.4, 0.5) is 0 Å². The highest BCUT2D eigenvalue weighted by Crippen LogP contribution is 2.44. The van der Waals surface area contributed by atoms with Crippen LogP contribution in [0.2, 0.25) is 5.02 Å². The molecule has 0 amide bonds. The smallest absolute Gasteiger partial charge is 0.315 e. The molecule has 3 aromatic rings. The van der Waals surface area contributed by atoms with Gasteiger partial charge in [-0.25, -0.2) is 0 Å². The van der Waals surface area contributed by atoms with E-state index in [4.69, 9.17) is 31.5 Å². The predicted molar refractivity (Wildman–Crippen MR) is 120 cm³/mol. The average molecular weight is 447 g/mol. The Morgan fingerprint density at radius 1 is 1.12 bits per heavy atom. The van der Waals surface area contributed by atoms with Crippen molar-refractivity contribution in [1.29, 1.82) is 5.26 Å². The summed E-state index contributed by atoms with van der Waals surface area (Å²) in [5.74, 6) is 0.564. The first-order valence-corrected chi connectivity index (χ1v) is 10.2. The third-order valence-corrected chi connectivity index (χ3v) is 5.36. The van der Waals surface area contributed by atoms with Crippen LogP contribution in [0, 0.1) is 11.3 Å². The van der Waals surface area contributed by atoms with Gasteiger partial charge in [0.1, 0.15) is 28.9 Å². The topological polar surface area (TPSA) is 94.6 Å². The Labute approximate surface area is 190 Å². The fourth-order valence-corrected chi connectivity index (χ4v) is 3.73. The summed E-state index contributed by atoms with van der Waals surface area (Å²) in [6.07, 6.45) is 0.0994. The van der Waals surface area contributed by atoms with Crippen molar-refractivity contribution in [3.63, 3.8) is 0 Å². The number of nitriles is 1. The lowest BCUT2D eigenvalue weighted by Crippen LogP contribution is -2.21. The summed E-state index contributed by atoms with van der Waals surface area (Å²) in [4.78, 5) is 12.4. The fraction of sp³-hybridized carbons (Fsp3) is 0.120. The molecule has 0 saturated carbocycles. The van der Waals surface area contributed by atoms with Crippen LogP contribution in [0.1, 0.15) is 22.6 Å². The minimum absolute atomic E-state index is 0.0115. The van der Waals surface area contributed by atoms with E-state index in [9.17, 15) is 10.1 Å². The molecule has 1 unspecified atom stereocenters. The molecule has 0 bridgehead atoms. The Morgan fingerprint density at radius 3 is 2.62 bits per heavy atom. The van der Waals surface area contributed by atoms with Crippen molar-refractivity contribution >= 4 is 17.6 Å². The molecule has 0 aromatic heterocycles. The highest BCUT2D eigenvalue weighted by atomic mass is 35.5. The van der Waals surface area contributed by atoms with Crippen molar-refractivity contribution < 1.29 is 19.0 Å². The van der Waals surface area contributed by atoms with Gasteiger partial charge in [-0.15, -0.1) is 0 Å². The molecule has 7 heteroatoms. The van der Waals surface area contributed by atoms with E-state index in [1.54, 1.807) is 49.6 Å². The highest BCUT2D eigenvalue weighted by molar-refractivity contribution is 6.30. The number of fused-ring (bicyclic) bond motifs is 1. The van der Waals surface area contributed by atoms with Gasteiger partial charge in [-0.3, -0.25) is 4.79 Å². The molecule has 32 heavy (non-hydrogen) atoms. The standard InChI is InChI=1S/C25H19ClN2O4/c1-30-18-4-2-3-16(12-18)24-20-10-9-19(13-22(20)32-25(28)21(24)14-27)31-23(29)11-15-5-7-17(26)8-6-15/h2-10,12-13,24H,11,28H2,1H3. The summed E-state index contributed by atoms with van der Waals surface area (Å²) in [5, 5.41) is 10.3. The molecule has 0 fully saturated rings. The lowest BCUT2D eigenvalue weighted by molar-refractivity contribution is -0.133. The van der Waals surface area contributed by atoms with Crippen LogP contribution in [0.15, 0.2) is 78.2 Å². The minimum Gasteiger partial charge on any atom is -0.497 e. The zero-order valence-corrected chi connectivity index (χ0v) is 17.9. The number of esters is 1. The third-order valence-electron chi connectivity index (χ3n) is 5.11. The lowest BCUT2D eigenvalue weighted by atomic mass is 9.83. The number of benzene rings is 3. The van der Waals surface area contributed by atoms with Gasteiger partial charge in [0, 0.05) is 16.7 Å². The number of carbonyl (C=O) groups is 1. The van der Waals surface area contributed by atoms with Gasteiger partial charge in [0.2, 0.25) is 5.88 Å². The minimum atomic E-state index is -0.433. The first-order chi connectivity index (χ1) is 15.5. The van der Waals surface area contributed by atoms with Crippen LogP contribution in [0.3, 0.4) is 0 Å². The number of hydrogen-bond donors (Lipinski definition) is 1. The van der Waals surface area contributed by atoms with Crippen molar-refractivity contribution in [1.82, 2.24) is 0 Å². The van der Waals surface area contributed by atoms with E-state index in [1.165, 1.54) is 0 Å². The Bertz CT molecular complexity index is 1250. The number of halogens is 1. The summed E-state index contributed by atoms with van der Waals surface area (Å²) < 4.78 is 16.5. The van der Waals surface area contributed by atoms with E-state index < -0.39 is 11.9 Å². The largest absolute Gasteiger partial charge is 0.497 e. The number of carbonyl (C=O) groups excluding carboxylic acids is 1. The maximum absolute atomic E-state index is 12.4. The number of methoxy groups -OCH3 is 1. The van der Waals surface area contributed by atoms with Crippen molar-refractivity contribution in [2.75, 3.05) is 7.11 Å². The third kappa shape index (κ3) is 4.39. The normalized spacial score (nSPS) is 14.7. The first-order valence-electron chi connectivity index (χ1n) is 9.79. The van der Waals surface area contributed by atoms with E-state index in [0.717, 1.165) is 16.7 Å². The van der Waals surface area contributed by atoms with Gasteiger partial charge in [-0.2, -0.15) is 5.26 Å². The van der Waals surface area contributed by atoms with Crippen LogP contribution in [-0.2, 0) is 11.2 Å². The zero-order valence-electron chi connectivity index (χ0n) is 17.2. The number of nitrogens with zero attached hydrogens (tertiary/aromatic N) is 1. The summed E-state index contributed by atoms with van der Waals surface area (Å²) in [5.41, 5.74) is 8.72. The van der Waals surface area contributed by atoms with Gasteiger partial charge in [0.15, 0.2) is 0 Å². The molecule has 0 spiro atoms. The highest BCUT2D eigenvalue weighted by Gasteiger charge is 2.31. The van der Waals surface area contributed by atoms with Gasteiger partial charge in [-0.1, -0.05) is 41.9 Å².